The van der Waals surface area contributed by atoms with Crippen LogP contribution in [0.1, 0.15) is 22.3 Å². The third kappa shape index (κ3) is 3.34. The summed E-state index contributed by atoms with van der Waals surface area (Å²) in [6.45, 7) is 0. The summed E-state index contributed by atoms with van der Waals surface area (Å²) in [5.74, 6) is 2.36. The highest BCUT2D eigenvalue weighted by Crippen LogP contribution is 2.49. The highest BCUT2D eigenvalue weighted by atomic mass is 16.5. The Kier molecular flexibility index (Phi) is 5.14. The van der Waals surface area contributed by atoms with Crippen LogP contribution in [0.15, 0.2) is 54.6 Å². The van der Waals surface area contributed by atoms with Gasteiger partial charge >= 0.3 is 0 Å². The Hall–Kier alpha value is -3.99. The van der Waals surface area contributed by atoms with Gasteiger partial charge in [0, 0.05) is 16.7 Å². The number of hydrogen-bond acceptors (Lipinski definition) is 5. The summed E-state index contributed by atoms with van der Waals surface area (Å²) in [6, 6.07) is 18.2. The number of ether oxygens (including phenoxy) is 3. The molecule has 0 atom stereocenters. The molecule has 0 amide bonds. The molecular formula is C30H27NO4. The topological polar surface area (TPSA) is 60.8 Å². The largest absolute Gasteiger partial charge is 0.504 e. The number of benzene rings is 3. The second kappa shape index (κ2) is 8.35. The molecule has 0 bridgehead atoms. The zero-order valence-corrected chi connectivity index (χ0v) is 20.1. The van der Waals surface area contributed by atoms with E-state index >= 15 is 0 Å². The van der Waals surface area contributed by atoms with Crippen LogP contribution in [-0.4, -0.2) is 31.4 Å². The van der Waals surface area contributed by atoms with Crippen molar-refractivity contribution in [2.45, 2.75) is 25.7 Å². The van der Waals surface area contributed by atoms with Crippen LogP contribution < -0.4 is 14.2 Å². The maximum absolute atomic E-state index is 11.2. The molecule has 2 aliphatic rings. The number of aryl methyl sites for hydroxylation is 2. The average Bonchev–Trinajstić information content (AvgIpc) is 2.91. The minimum Gasteiger partial charge on any atom is -0.504 e. The molecule has 176 valence electrons. The van der Waals surface area contributed by atoms with E-state index in [0.29, 0.717) is 5.75 Å². The van der Waals surface area contributed by atoms with Crippen LogP contribution >= 0.6 is 0 Å². The van der Waals surface area contributed by atoms with Crippen LogP contribution in [-0.2, 0) is 25.7 Å². The van der Waals surface area contributed by atoms with Gasteiger partial charge in [0.1, 0.15) is 11.5 Å². The van der Waals surface area contributed by atoms with Crippen molar-refractivity contribution in [3.8, 4) is 56.6 Å². The van der Waals surface area contributed by atoms with E-state index in [0.717, 1.165) is 70.8 Å². The molecule has 0 aliphatic heterocycles. The van der Waals surface area contributed by atoms with Crippen molar-refractivity contribution in [1.82, 2.24) is 4.98 Å². The Balaban J connectivity index is 1.68. The van der Waals surface area contributed by atoms with Gasteiger partial charge in [0.15, 0.2) is 11.5 Å². The number of aromatic hydroxyl groups is 1. The Morgan fingerprint density at radius 2 is 1.23 bits per heavy atom. The molecule has 5 heteroatoms. The number of nitrogens with zero attached hydrogens (tertiary/aromatic N) is 1. The molecule has 1 heterocycles. The zero-order chi connectivity index (χ0) is 24.1. The fourth-order valence-corrected chi connectivity index (χ4v) is 5.60. The number of para-hydroxylation sites is 1. The van der Waals surface area contributed by atoms with E-state index in [4.69, 9.17) is 19.2 Å². The maximum atomic E-state index is 11.2. The minimum atomic E-state index is 0.173. The summed E-state index contributed by atoms with van der Waals surface area (Å²) in [7, 11) is 4.98. The van der Waals surface area contributed by atoms with Crippen molar-refractivity contribution in [2.24, 2.45) is 0 Å². The first-order valence-electron chi connectivity index (χ1n) is 11.9. The Labute approximate surface area is 205 Å². The lowest BCUT2D eigenvalue weighted by molar-refractivity contribution is 0.374. The second-order valence-electron chi connectivity index (χ2n) is 9.04. The van der Waals surface area contributed by atoms with E-state index in [1.165, 1.54) is 22.3 Å². The fourth-order valence-electron chi connectivity index (χ4n) is 5.60. The number of rotatable bonds is 4. The van der Waals surface area contributed by atoms with Gasteiger partial charge in [-0.05, 0) is 96.0 Å². The van der Waals surface area contributed by atoms with Gasteiger partial charge in [0.05, 0.1) is 32.7 Å². The smallest absolute Gasteiger partial charge is 0.165 e. The number of methoxy groups -OCH3 is 3. The van der Waals surface area contributed by atoms with E-state index < -0.39 is 0 Å². The van der Waals surface area contributed by atoms with Crippen LogP contribution in [0.2, 0.25) is 0 Å². The maximum Gasteiger partial charge on any atom is 0.165 e. The molecular weight excluding hydrogens is 438 g/mol. The fraction of sp³-hybridized carbons (Fsp3) is 0.233. The number of phenols is 1. The quantitative estimate of drug-likeness (QED) is 0.400. The van der Waals surface area contributed by atoms with Gasteiger partial charge in [-0.15, -0.1) is 0 Å². The third-order valence-corrected chi connectivity index (χ3v) is 7.31. The normalized spacial score (nSPS) is 13.2. The summed E-state index contributed by atoms with van der Waals surface area (Å²) in [5, 5.41) is 11.2. The molecule has 35 heavy (non-hydrogen) atoms. The molecule has 6 rings (SSSR count). The number of pyridine rings is 1. The van der Waals surface area contributed by atoms with Gasteiger partial charge in [0.2, 0.25) is 0 Å². The van der Waals surface area contributed by atoms with Crippen molar-refractivity contribution < 1.29 is 19.3 Å². The molecule has 5 nitrogen and oxygen atoms in total. The third-order valence-electron chi connectivity index (χ3n) is 7.31. The van der Waals surface area contributed by atoms with E-state index in [1.807, 2.05) is 24.3 Å². The molecule has 0 saturated carbocycles. The van der Waals surface area contributed by atoms with Crippen LogP contribution in [0, 0.1) is 0 Å². The molecule has 1 N–H and O–H groups in total. The summed E-state index contributed by atoms with van der Waals surface area (Å²) >= 11 is 0. The highest BCUT2D eigenvalue weighted by molar-refractivity contribution is 5.90. The van der Waals surface area contributed by atoms with Gasteiger partial charge in [-0.1, -0.05) is 12.1 Å². The summed E-state index contributed by atoms with van der Waals surface area (Å²) in [4.78, 5) is 5.31. The number of fused-ring (bicyclic) bond motifs is 6. The predicted molar refractivity (Wildman–Crippen MR) is 137 cm³/mol. The molecule has 2 aliphatic carbocycles. The minimum absolute atomic E-state index is 0.173. The van der Waals surface area contributed by atoms with Gasteiger partial charge in [-0.2, -0.15) is 0 Å². The summed E-state index contributed by atoms with van der Waals surface area (Å²) < 4.78 is 16.4. The van der Waals surface area contributed by atoms with E-state index in [-0.39, 0.29) is 5.75 Å². The highest BCUT2D eigenvalue weighted by Gasteiger charge is 2.30. The Bertz CT molecular complexity index is 1390. The molecule has 4 aromatic rings. The zero-order valence-electron chi connectivity index (χ0n) is 20.1. The first-order chi connectivity index (χ1) is 17.1. The first-order valence-corrected chi connectivity index (χ1v) is 11.9. The molecule has 1 aromatic heterocycles. The van der Waals surface area contributed by atoms with Gasteiger partial charge in [-0.25, -0.2) is 4.98 Å². The standard InChI is InChI=1S/C30H27NO4/c1-33-19-9-13-21-17(15-19)7-11-23-27(25-5-4-6-26(35-3)30(25)32)24-12-8-18-16-20(34-2)10-14-22(18)29(24)31-28(21)23/h4-6,9-10,13-16,32H,7-8,11-12H2,1-3H3. The molecule has 0 unspecified atom stereocenters. The lowest BCUT2D eigenvalue weighted by atomic mass is 9.78. The van der Waals surface area contributed by atoms with Gasteiger partial charge in [-0.3, -0.25) is 0 Å². The summed E-state index contributed by atoms with van der Waals surface area (Å²) in [6.07, 6.45) is 3.48. The van der Waals surface area contributed by atoms with Crippen molar-refractivity contribution in [3.63, 3.8) is 0 Å². The monoisotopic (exact) mass is 465 g/mol. The molecule has 0 fully saturated rings. The van der Waals surface area contributed by atoms with Gasteiger partial charge in [0.25, 0.3) is 0 Å². The Morgan fingerprint density at radius 3 is 1.74 bits per heavy atom. The van der Waals surface area contributed by atoms with Gasteiger partial charge < -0.3 is 19.3 Å². The van der Waals surface area contributed by atoms with Crippen LogP contribution in [0.3, 0.4) is 0 Å². The van der Waals surface area contributed by atoms with Crippen LogP contribution in [0.25, 0.3) is 33.6 Å². The molecule has 3 aromatic carbocycles. The summed E-state index contributed by atoms with van der Waals surface area (Å²) in [5.41, 5.74) is 10.9. The number of phenolic OH excluding ortho intramolecular Hbond substituents is 1. The second-order valence-corrected chi connectivity index (χ2v) is 9.04. The lowest BCUT2D eigenvalue weighted by Crippen LogP contribution is -2.15. The first kappa shape index (κ1) is 21.5. The van der Waals surface area contributed by atoms with E-state index in [9.17, 15) is 5.11 Å². The molecule has 0 radical (unpaired) electrons. The average molecular weight is 466 g/mol. The Morgan fingerprint density at radius 1 is 0.657 bits per heavy atom. The molecule has 0 spiro atoms. The SMILES string of the molecule is COc1ccc2c(c1)CCc1c-2nc2c(c1-c1cccc(OC)c1O)CCc1cc(OC)ccc1-2. The number of aromatic nitrogens is 1. The van der Waals surface area contributed by atoms with E-state index in [2.05, 4.69) is 24.3 Å². The predicted octanol–water partition coefficient (Wildman–Crippen LogP) is 6.01. The van der Waals surface area contributed by atoms with E-state index in [1.54, 1.807) is 27.4 Å². The lowest BCUT2D eigenvalue weighted by Gasteiger charge is -2.29. The molecule has 0 saturated heterocycles. The van der Waals surface area contributed by atoms with Crippen LogP contribution in [0.5, 0.6) is 23.0 Å². The number of hydrogen-bond donors (Lipinski definition) is 1. The van der Waals surface area contributed by atoms with Crippen molar-refractivity contribution in [2.75, 3.05) is 21.3 Å². The van der Waals surface area contributed by atoms with Crippen molar-refractivity contribution >= 4 is 0 Å². The van der Waals surface area contributed by atoms with Crippen molar-refractivity contribution in [1.29, 1.82) is 0 Å². The van der Waals surface area contributed by atoms with Crippen LogP contribution in [0.4, 0.5) is 0 Å². The van der Waals surface area contributed by atoms with Crippen molar-refractivity contribution in [3.05, 3.63) is 76.9 Å².